The van der Waals surface area contributed by atoms with Gasteiger partial charge in [-0.3, -0.25) is 0 Å². The standard InChI is InChI=1S/C15H24BrN3O/c1-10(2)5-6-11-14(16)15-17-8-7-12(19(15)18-11)13-4-3-9-20-13/h10,12-13,17H,3-9H2,1-2H3. The average Bonchev–Trinajstić information content (AvgIpc) is 3.05. The lowest BCUT2D eigenvalue weighted by atomic mass is 10.0. The second-order valence-corrected chi connectivity index (χ2v) is 7.11. The summed E-state index contributed by atoms with van der Waals surface area (Å²) in [5.74, 6) is 1.86. The first-order chi connectivity index (χ1) is 9.66. The van der Waals surface area contributed by atoms with Crippen molar-refractivity contribution < 1.29 is 4.74 Å². The highest BCUT2D eigenvalue weighted by Crippen LogP contribution is 2.37. The van der Waals surface area contributed by atoms with Gasteiger partial charge in [-0.25, -0.2) is 4.68 Å². The van der Waals surface area contributed by atoms with Crippen molar-refractivity contribution >= 4 is 21.7 Å². The van der Waals surface area contributed by atoms with Crippen LogP contribution < -0.4 is 5.32 Å². The highest BCUT2D eigenvalue weighted by molar-refractivity contribution is 9.10. The molecule has 0 amide bonds. The van der Waals surface area contributed by atoms with Crippen molar-refractivity contribution in [3.05, 3.63) is 10.2 Å². The van der Waals surface area contributed by atoms with Gasteiger partial charge in [0, 0.05) is 13.2 Å². The normalized spacial score (nSPS) is 25.8. The van der Waals surface area contributed by atoms with E-state index in [-0.39, 0.29) is 0 Å². The number of halogens is 1. The van der Waals surface area contributed by atoms with E-state index in [9.17, 15) is 0 Å². The van der Waals surface area contributed by atoms with Gasteiger partial charge in [0.05, 0.1) is 22.3 Å². The first-order valence-electron chi connectivity index (χ1n) is 7.79. The summed E-state index contributed by atoms with van der Waals surface area (Å²) >= 11 is 3.74. The maximum absolute atomic E-state index is 5.89. The van der Waals surface area contributed by atoms with Crippen LogP contribution in [-0.4, -0.2) is 29.0 Å². The van der Waals surface area contributed by atoms with Gasteiger partial charge in [0.15, 0.2) is 0 Å². The highest BCUT2D eigenvalue weighted by Gasteiger charge is 2.33. The van der Waals surface area contributed by atoms with Crippen LogP contribution in [0.2, 0.25) is 0 Å². The van der Waals surface area contributed by atoms with E-state index >= 15 is 0 Å². The molecule has 2 aliphatic rings. The molecule has 2 unspecified atom stereocenters. The summed E-state index contributed by atoms with van der Waals surface area (Å²) in [5, 5.41) is 8.37. The minimum atomic E-state index is 0.348. The number of aromatic nitrogens is 2. The fraction of sp³-hybridized carbons (Fsp3) is 0.800. The summed E-state index contributed by atoms with van der Waals surface area (Å²) in [6.45, 7) is 6.44. The van der Waals surface area contributed by atoms with E-state index < -0.39 is 0 Å². The summed E-state index contributed by atoms with van der Waals surface area (Å²) in [5.41, 5.74) is 1.19. The Morgan fingerprint density at radius 1 is 1.45 bits per heavy atom. The van der Waals surface area contributed by atoms with Crippen LogP contribution in [0, 0.1) is 5.92 Å². The number of hydrogen-bond donors (Lipinski definition) is 1. The van der Waals surface area contributed by atoms with Crippen molar-refractivity contribution in [2.24, 2.45) is 5.92 Å². The number of fused-ring (bicyclic) bond motifs is 1. The molecule has 112 valence electrons. The molecule has 5 heteroatoms. The molecule has 0 aliphatic carbocycles. The molecular formula is C15H24BrN3O. The molecule has 0 radical (unpaired) electrons. The van der Waals surface area contributed by atoms with E-state index in [2.05, 4.69) is 39.8 Å². The summed E-state index contributed by atoms with van der Waals surface area (Å²) < 4.78 is 9.23. The smallest absolute Gasteiger partial charge is 0.139 e. The monoisotopic (exact) mass is 341 g/mol. The Morgan fingerprint density at radius 2 is 2.30 bits per heavy atom. The second-order valence-electron chi connectivity index (χ2n) is 6.32. The van der Waals surface area contributed by atoms with Gasteiger partial charge in [-0.05, 0) is 54.0 Å². The Labute approximate surface area is 129 Å². The van der Waals surface area contributed by atoms with E-state index in [0.717, 1.165) is 36.3 Å². The van der Waals surface area contributed by atoms with Crippen LogP contribution in [0.1, 0.15) is 51.3 Å². The summed E-state index contributed by atoms with van der Waals surface area (Å²) in [6.07, 6.45) is 6.03. The van der Waals surface area contributed by atoms with Crippen LogP contribution >= 0.6 is 15.9 Å². The SMILES string of the molecule is CC(C)CCc1nn2c(c1Br)NCCC2C1CCCO1. The van der Waals surface area contributed by atoms with Gasteiger partial charge in [0.2, 0.25) is 0 Å². The molecule has 2 atom stereocenters. The summed E-state index contributed by atoms with van der Waals surface area (Å²) in [4.78, 5) is 0. The highest BCUT2D eigenvalue weighted by atomic mass is 79.9. The number of rotatable bonds is 4. The van der Waals surface area contributed by atoms with Crippen LogP contribution in [0.5, 0.6) is 0 Å². The fourth-order valence-corrected chi connectivity index (χ4v) is 3.75. The first kappa shape index (κ1) is 14.4. The summed E-state index contributed by atoms with van der Waals surface area (Å²) in [7, 11) is 0. The predicted octanol–water partition coefficient (Wildman–Crippen LogP) is 3.77. The average molecular weight is 342 g/mol. The zero-order chi connectivity index (χ0) is 14.1. The van der Waals surface area contributed by atoms with Crippen LogP contribution in [-0.2, 0) is 11.2 Å². The van der Waals surface area contributed by atoms with Crippen molar-refractivity contribution in [2.75, 3.05) is 18.5 Å². The Kier molecular flexibility index (Phi) is 4.36. The molecule has 3 rings (SSSR count). The van der Waals surface area contributed by atoms with Crippen LogP contribution in [0.3, 0.4) is 0 Å². The van der Waals surface area contributed by atoms with Crippen LogP contribution in [0.4, 0.5) is 5.82 Å². The molecular weight excluding hydrogens is 318 g/mol. The van der Waals surface area contributed by atoms with Crippen molar-refractivity contribution in [3.8, 4) is 0 Å². The molecule has 1 N–H and O–H groups in total. The quantitative estimate of drug-likeness (QED) is 0.905. The van der Waals surface area contributed by atoms with Gasteiger partial charge < -0.3 is 10.1 Å². The number of nitrogens with zero attached hydrogens (tertiary/aromatic N) is 2. The number of hydrogen-bond acceptors (Lipinski definition) is 3. The molecule has 1 saturated heterocycles. The number of nitrogens with one attached hydrogen (secondary N) is 1. The van der Waals surface area contributed by atoms with Crippen molar-refractivity contribution in [1.29, 1.82) is 0 Å². The molecule has 0 aromatic carbocycles. The van der Waals surface area contributed by atoms with Gasteiger partial charge in [-0.15, -0.1) is 0 Å². The molecule has 2 aliphatic heterocycles. The van der Waals surface area contributed by atoms with E-state index in [4.69, 9.17) is 9.84 Å². The van der Waals surface area contributed by atoms with Gasteiger partial charge in [-0.2, -0.15) is 5.10 Å². The Morgan fingerprint density at radius 3 is 3.00 bits per heavy atom. The van der Waals surface area contributed by atoms with E-state index in [0.29, 0.717) is 18.1 Å². The van der Waals surface area contributed by atoms with Gasteiger partial charge in [0.1, 0.15) is 5.82 Å². The third-order valence-corrected chi connectivity index (χ3v) is 5.15. The molecule has 1 aromatic rings. The fourth-order valence-electron chi connectivity index (χ4n) is 3.16. The zero-order valence-corrected chi connectivity index (χ0v) is 13.9. The molecule has 1 aromatic heterocycles. The summed E-state index contributed by atoms with van der Waals surface area (Å²) in [6, 6.07) is 0.401. The van der Waals surface area contributed by atoms with Gasteiger partial charge in [0.25, 0.3) is 0 Å². The molecule has 1 fully saturated rings. The lowest BCUT2D eigenvalue weighted by Crippen LogP contribution is -2.31. The Hall–Kier alpha value is -0.550. The first-order valence-corrected chi connectivity index (χ1v) is 8.58. The van der Waals surface area contributed by atoms with Crippen molar-refractivity contribution in [3.63, 3.8) is 0 Å². The predicted molar refractivity (Wildman–Crippen MR) is 84.2 cm³/mol. The molecule has 0 spiro atoms. The Balaban J connectivity index is 1.83. The third kappa shape index (κ3) is 2.75. The lowest BCUT2D eigenvalue weighted by molar-refractivity contribution is 0.0590. The lowest BCUT2D eigenvalue weighted by Gasteiger charge is -2.29. The van der Waals surface area contributed by atoms with Gasteiger partial charge in [-0.1, -0.05) is 13.8 Å². The maximum Gasteiger partial charge on any atom is 0.139 e. The molecule has 20 heavy (non-hydrogen) atoms. The molecule has 4 nitrogen and oxygen atoms in total. The number of anilines is 1. The molecule has 0 saturated carbocycles. The minimum absolute atomic E-state index is 0.348. The molecule has 3 heterocycles. The maximum atomic E-state index is 5.89. The van der Waals surface area contributed by atoms with E-state index in [1.54, 1.807) is 0 Å². The number of ether oxygens (including phenoxy) is 1. The van der Waals surface area contributed by atoms with Gasteiger partial charge >= 0.3 is 0 Å². The second kappa shape index (κ2) is 6.06. The van der Waals surface area contributed by atoms with E-state index in [1.165, 1.54) is 25.0 Å². The minimum Gasteiger partial charge on any atom is -0.376 e. The zero-order valence-electron chi connectivity index (χ0n) is 12.4. The topological polar surface area (TPSA) is 39.1 Å². The van der Waals surface area contributed by atoms with Crippen LogP contribution in [0.25, 0.3) is 0 Å². The van der Waals surface area contributed by atoms with Crippen molar-refractivity contribution in [1.82, 2.24) is 9.78 Å². The van der Waals surface area contributed by atoms with Crippen molar-refractivity contribution in [2.45, 2.75) is 58.1 Å². The molecule has 0 bridgehead atoms. The Bertz CT molecular complexity index is 466. The largest absolute Gasteiger partial charge is 0.376 e. The third-order valence-electron chi connectivity index (χ3n) is 4.32. The van der Waals surface area contributed by atoms with E-state index in [1.807, 2.05) is 0 Å². The number of aryl methyl sites for hydroxylation is 1. The van der Waals surface area contributed by atoms with Crippen LogP contribution in [0.15, 0.2) is 4.47 Å².